The van der Waals surface area contributed by atoms with Gasteiger partial charge in [0.1, 0.15) is 6.04 Å². The molecule has 1 aromatic heterocycles. The van der Waals surface area contributed by atoms with E-state index in [9.17, 15) is 19.2 Å². The summed E-state index contributed by atoms with van der Waals surface area (Å²) in [5.74, 6) is -2.00. The summed E-state index contributed by atoms with van der Waals surface area (Å²) in [6.07, 6.45) is -0.268. The highest BCUT2D eigenvalue weighted by molar-refractivity contribution is 5.84. The van der Waals surface area contributed by atoms with E-state index in [2.05, 4.69) is 10.3 Å². The molecule has 1 unspecified atom stereocenters. The third kappa shape index (κ3) is 4.41. The number of aromatic nitrogens is 2. The van der Waals surface area contributed by atoms with E-state index >= 15 is 0 Å². The molecule has 0 fully saturated rings. The zero-order valence-corrected chi connectivity index (χ0v) is 10.5. The Bertz CT molecular complexity index is 558. The number of hydrogen-bond donors (Lipinski definition) is 4. The Morgan fingerprint density at radius 2 is 1.95 bits per heavy atom. The molecule has 0 spiro atoms. The Morgan fingerprint density at radius 3 is 2.42 bits per heavy atom. The minimum atomic E-state index is -1.14. The lowest BCUT2D eigenvalue weighted by molar-refractivity contribution is -0.143. The molecule has 1 heterocycles. The minimum absolute atomic E-state index is 0.124. The molecule has 0 aromatic carbocycles. The topological polar surface area (TPSA) is 132 Å². The fraction of sp³-hybridized carbons (Fsp3) is 0.455. The van der Waals surface area contributed by atoms with Crippen LogP contribution in [0, 0.1) is 5.92 Å². The van der Waals surface area contributed by atoms with Crippen molar-refractivity contribution in [3.8, 4) is 0 Å². The van der Waals surface area contributed by atoms with Crippen molar-refractivity contribution in [1.29, 1.82) is 0 Å². The van der Waals surface area contributed by atoms with Gasteiger partial charge in [0.2, 0.25) is 5.91 Å². The van der Waals surface area contributed by atoms with Gasteiger partial charge in [-0.15, -0.1) is 0 Å². The van der Waals surface area contributed by atoms with Crippen LogP contribution in [0.25, 0.3) is 0 Å². The molecule has 0 saturated carbocycles. The summed E-state index contributed by atoms with van der Waals surface area (Å²) in [5.41, 5.74) is -1.21. The van der Waals surface area contributed by atoms with Crippen LogP contribution in [0.2, 0.25) is 0 Å². The molecule has 0 bridgehead atoms. The van der Waals surface area contributed by atoms with E-state index in [0.717, 1.165) is 6.07 Å². The molecule has 0 saturated heterocycles. The molecule has 19 heavy (non-hydrogen) atoms. The third-order valence-electron chi connectivity index (χ3n) is 2.42. The minimum Gasteiger partial charge on any atom is -0.480 e. The summed E-state index contributed by atoms with van der Waals surface area (Å²) in [6, 6.07) is 0.0628. The van der Waals surface area contributed by atoms with Gasteiger partial charge in [-0.3, -0.25) is 14.6 Å². The molecule has 0 radical (unpaired) electrons. The maximum absolute atomic E-state index is 11.6. The Balaban J connectivity index is 2.77. The summed E-state index contributed by atoms with van der Waals surface area (Å²) < 4.78 is 0. The van der Waals surface area contributed by atoms with E-state index in [4.69, 9.17) is 5.11 Å². The lowest BCUT2D eigenvalue weighted by Gasteiger charge is -2.17. The maximum atomic E-state index is 11.6. The maximum Gasteiger partial charge on any atom is 0.326 e. The van der Waals surface area contributed by atoms with Crippen molar-refractivity contribution in [2.45, 2.75) is 26.3 Å². The SMILES string of the molecule is CC(C)C(NC(=O)Cc1cc(=O)[nH]c(=O)[nH]1)C(=O)O. The number of rotatable bonds is 5. The first-order valence-electron chi connectivity index (χ1n) is 5.64. The molecule has 0 aliphatic rings. The number of H-pyrrole nitrogens is 2. The Hall–Kier alpha value is -2.38. The monoisotopic (exact) mass is 269 g/mol. The van der Waals surface area contributed by atoms with Crippen LogP contribution >= 0.6 is 0 Å². The Morgan fingerprint density at radius 1 is 1.32 bits per heavy atom. The summed E-state index contributed by atoms with van der Waals surface area (Å²) in [5, 5.41) is 11.2. The molecule has 8 heteroatoms. The van der Waals surface area contributed by atoms with Crippen LogP contribution in [0.3, 0.4) is 0 Å². The number of carbonyl (C=O) groups is 2. The summed E-state index contributed by atoms with van der Waals surface area (Å²) in [7, 11) is 0. The zero-order valence-electron chi connectivity index (χ0n) is 10.5. The number of carboxylic acids is 1. The van der Waals surface area contributed by atoms with E-state index in [1.165, 1.54) is 0 Å². The molecule has 1 rings (SSSR count). The van der Waals surface area contributed by atoms with Gasteiger partial charge >= 0.3 is 11.7 Å². The van der Waals surface area contributed by atoms with Crippen molar-refractivity contribution >= 4 is 11.9 Å². The fourth-order valence-electron chi connectivity index (χ4n) is 1.53. The van der Waals surface area contributed by atoms with E-state index in [1.807, 2.05) is 4.98 Å². The largest absolute Gasteiger partial charge is 0.480 e. The number of carbonyl (C=O) groups excluding carboxylic acids is 1. The standard InChI is InChI=1S/C11H15N3O5/c1-5(2)9(10(17)18)13-7(15)3-6-4-8(16)14-11(19)12-6/h4-5,9H,3H2,1-2H3,(H,13,15)(H,17,18)(H2,12,14,16,19). The second-order valence-corrected chi connectivity index (χ2v) is 4.42. The molecule has 0 aliphatic carbocycles. The van der Waals surface area contributed by atoms with E-state index < -0.39 is 29.2 Å². The highest BCUT2D eigenvalue weighted by atomic mass is 16.4. The van der Waals surface area contributed by atoms with Crippen molar-refractivity contribution in [1.82, 2.24) is 15.3 Å². The predicted molar refractivity (Wildman–Crippen MR) is 65.8 cm³/mol. The van der Waals surface area contributed by atoms with Gasteiger partial charge in [-0.25, -0.2) is 9.59 Å². The zero-order chi connectivity index (χ0) is 14.6. The van der Waals surface area contributed by atoms with Crippen molar-refractivity contribution in [3.05, 3.63) is 32.6 Å². The van der Waals surface area contributed by atoms with Gasteiger partial charge in [0.05, 0.1) is 6.42 Å². The van der Waals surface area contributed by atoms with Crippen molar-refractivity contribution in [2.75, 3.05) is 0 Å². The number of nitrogens with one attached hydrogen (secondary N) is 3. The summed E-state index contributed by atoms with van der Waals surface area (Å²) in [4.78, 5) is 48.8. The van der Waals surface area contributed by atoms with E-state index in [1.54, 1.807) is 13.8 Å². The van der Waals surface area contributed by atoms with Crippen LogP contribution in [0.5, 0.6) is 0 Å². The van der Waals surface area contributed by atoms with Crippen LogP contribution in [0.4, 0.5) is 0 Å². The van der Waals surface area contributed by atoms with Crippen LogP contribution in [0.1, 0.15) is 19.5 Å². The van der Waals surface area contributed by atoms with Crippen LogP contribution < -0.4 is 16.6 Å². The third-order valence-corrected chi connectivity index (χ3v) is 2.42. The fourth-order valence-corrected chi connectivity index (χ4v) is 1.53. The van der Waals surface area contributed by atoms with Crippen molar-refractivity contribution < 1.29 is 14.7 Å². The molecule has 1 aromatic rings. The second kappa shape index (κ2) is 5.98. The molecule has 0 aliphatic heterocycles. The normalized spacial score (nSPS) is 12.2. The first-order valence-corrected chi connectivity index (χ1v) is 5.64. The Labute approximate surface area is 107 Å². The lowest BCUT2D eigenvalue weighted by atomic mass is 10.0. The number of carboxylic acid groups (broad SMARTS) is 1. The number of hydrogen-bond acceptors (Lipinski definition) is 4. The number of aliphatic carboxylic acids is 1. The van der Waals surface area contributed by atoms with Gasteiger partial charge in [-0.05, 0) is 5.92 Å². The molecule has 8 nitrogen and oxygen atoms in total. The van der Waals surface area contributed by atoms with Gasteiger partial charge in [0.25, 0.3) is 5.56 Å². The Kier molecular flexibility index (Phi) is 4.62. The molecule has 4 N–H and O–H groups in total. The predicted octanol–water partition coefficient (Wildman–Crippen LogP) is -1.17. The van der Waals surface area contributed by atoms with Crippen LogP contribution in [-0.2, 0) is 16.0 Å². The van der Waals surface area contributed by atoms with Crippen LogP contribution in [0.15, 0.2) is 15.7 Å². The highest BCUT2D eigenvalue weighted by Crippen LogP contribution is 2.02. The van der Waals surface area contributed by atoms with Gasteiger partial charge in [-0.2, -0.15) is 0 Å². The molecule has 104 valence electrons. The summed E-state index contributed by atoms with van der Waals surface area (Å²) >= 11 is 0. The molecule has 1 amide bonds. The van der Waals surface area contributed by atoms with E-state index in [-0.39, 0.29) is 18.0 Å². The van der Waals surface area contributed by atoms with Gasteiger partial charge in [0.15, 0.2) is 0 Å². The average molecular weight is 269 g/mol. The van der Waals surface area contributed by atoms with Crippen molar-refractivity contribution in [2.24, 2.45) is 5.92 Å². The smallest absolute Gasteiger partial charge is 0.326 e. The second-order valence-electron chi connectivity index (χ2n) is 4.42. The first kappa shape index (κ1) is 14.7. The van der Waals surface area contributed by atoms with Gasteiger partial charge in [0, 0.05) is 11.8 Å². The quantitative estimate of drug-likeness (QED) is 0.534. The summed E-state index contributed by atoms with van der Waals surface area (Å²) in [6.45, 7) is 3.32. The molecular weight excluding hydrogens is 254 g/mol. The van der Waals surface area contributed by atoms with Gasteiger partial charge < -0.3 is 15.4 Å². The molecule has 1 atom stereocenters. The number of amides is 1. The number of aromatic amines is 2. The molecular formula is C11H15N3O5. The highest BCUT2D eigenvalue weighted by Gasteiger charge is 2.23. The average Bonchev–Trinajstić information content (AvgIpc) is 2.23. The van der Waals surface area contributed by atoms with Gasteiger partial charge in [-0.1, -0.05) is 13.8 Å². The van der Waals surface area contributed by atoms with Crippen molar-refractivity contribution in [3.63, 3.8) is 0 Å². The van der Waals surface area contributed by atoms with E-state index in [0.29, 0.717) is 0 Å². The van der Waals surface area contributed by atoms with Crippen LogP contribution in [-0.4, -0.2) is 33.0 Å². The lowest BCUT2D eigenvalue weighted by Crippen LogP contribution is -2.45. The first-order chi connectivity index (χ1) is 8.79.